The van der Waals surface area contributed by atoms with Gasteiger partial charge in [-0.25, -0.2) is 9.59 Å². The summed E-state index contributed by atoms with van der Waals surface area (Å²) in [7, 11) is 0. The SMILES string of the molecule is CC(C)(C)OC(=O)CC[C@H](NC(=O)Nc1ccc(N(CCCl)CCCl)cc1)C(=O)OC(C)(C)C. The fourth-order valence-electron chi connectivity index (χ4n) is 2.93. The Kier molecular flexibility index (Phi) is 12.0. The Morgan fingerprint density at radius 3 is 1.91 bits per heavy atom. The molecule has 2 N–H and O–H groups in total. The lowest BCUT2D eigenvalue weighted by molar-refractivity contribution is -0.158. The molecule has 1 aromatic rings. The number of ether oxygens (including phenoxy) is 2. The number of hydrogen-bond donors (Lipinski definition) is 2. The topological polar surface area (TPSA) is 97.0 Å². The van der Waals surface area contributed by atoms with E-state index in [1.54, 1.807) is 53.7 Å². The average molecular weight is 518 g/mol. The van der Waals surface area contributed by atoms with Crippen molar-refractivity contribution < 1.29 is 23.9 Å². The van der Waals surface area contributed by atoms with E-state index in [9.17, 15) is 14.4 Å². The minimum absolute atomic E-state index is 0.0436. The van der Waals surface area contributed by atoms with Crippen LogP contribution in [0.2, 0.25) is 0 Å². The number of rotatable bonds is 11. The second-order valence-corrected chi connectivity index (χ2v) is 10.5. The molecule has 0 spiro atoms. The van der Waals surface area contributed by atoms with E-state index in [1.807, 2.05) is 17.0 Å². The third kappa shape index (κ3) is 12.3. The lowest BCUT2D eigenvalue weighted by Crippen LogP contribution is -2.46. The molecule has 0 aliphatic heterocycles. The average Bonchev–Trinajstić information content (AvgIpc) is 2.69. The lowest BCUT2D eigenvalue weighted by atomic mass is 10.1. The molecule has 0 saturated carbocycles. The van der Waals surface area contributed by atoms with E-state index in [4.69, 9.17) is 32.7 Å². The second kappa shape index (κ2) is 13.6. The third-order valence-electron chi connectivity index (χ3n) is 4.25. The summed E-state index contributed by atoms with van der Waals surface area (Å²) >= 11 is 11.7. The molecule has 0 unspecified atom stereocenters. The summed E-state index contributed by atoms with van der Waals surface area (Å²) in [5.74, 6) is -0.153. The van der Waals surface area contributed by atoms with Gasteiger partial charge in [-0.15, -0.1) is 23.2 Å². The summed E-state index contributed by atoms with van der Waals surface area (Å²) in [6.07, 6.45) is -0.00483. The van der Waals surface area contributed by atoms with Crippen LogP contribution in [-0.4, -0.2) is 60.1 Å². The molecular weight excluding hydrogens is 481 g/mol. The number of alkyl halides is 2. The van der Waals surface area contributed by atoms with Crippen LogP contribution in [0.25, 0.3) is 0 Å². The van der Waals surface area contributed by atoms with E-state index >= 15 is 0 Å². The van der Waals surface area contributed by atoms with Crippen LogP contribution in [0.1, 0.15) is 54.4 Å². The molecule has 0 radical (unpaired) electrons. The van der Waals surface area contributed by atoms with Gasteiger partial charge in [-0.05, 0) is 72.2 Å². The summed E-state index contributed by atoms with van der Waals surface area (Å²) < 4.78 is 10.7. The molecule has 1 atom stereocenters. The Bertz CT molecular complexity index is 798. The number of anilines is 2. The highest BCUT2D eigenvalue weighted by Crippen LogP contribution is 2.19. The van der Waals surface area contributed by atoms with E-state index in [0.717, 1.165) is 5.69 Å². The molecule has 192 valence electrons. The Hall–Kier alpha value is -2.19. The fraction of sp³-hybridized carbons (Fsp3) is 0.625. The predicted octanol–water partition coefficient (Wildman–Crippen LogP) is 4.92. The van der Waals surface area contributed by atoms with Gasteiger partial charge < -0.3 is 25.0 Å². The molecule has 0 fully saturated rings. The maximum atomic E-state index is 12.6. The number of amides is 2. The Labute approximate surface area is 212 Å². The Balaban J connectivity index is 2.82. The zero-order chi connectivity index (χ0) is 25.9. The summed E-state index contributed by atoms with van der Waals surface area (Å²) in [5.41, 5.74) is 0.0791. The van der Waals surface area contributed by atoms with Crippen LogP contribution in [0.3, 0.4) is 0 Å². The number of nitrogens with zero attached hydrogens (tertiary/aromatic N) is 1. The molecule has 0 aromatic heterocycles. The van der Waals surface area contributed by atoms with Crippen molar-refractivity contribution in [3.63, 3.8) is 0 Å². The highest BCUT2D eigenvalue weighted by atomic mass is 35.5. The molecule has 8 nitrogen and oxygen atoms in total. The quantitative estimate of drug-likeness (QED) is 0.319. The monoisotopic (exact) mass is 517 g/mol. The number of carbonyl (C=O) groups is 3. The van der Waals surface area contributed by atoms with Crippen molar-refractivity contribution in [2.45, 2.75) is 71.6 Å². The maximum Gasteiger partial charge on any atom is 0.329 e. The van der Waals surface area contributed by atoms with Crippen LogP contribution in [0.15, 0.2) is 24.3 Å². The zero-order valence-corrected chi connectivity index (χ0v) is 22.4. The summed E-state index contributed by atoms with van der Waals surface area (Å²) in [6, 6.07) is 5.58. The zero-order valence-electron chi connectivity index (χ0n) is 20.9. The molecule has 0 bridgehead atoms. The van der Waals surface area contributed by atoms with Crippen LogP contribution in [0, 0.1) is 0 Å². The maximum absolute atomic E-state index is 12.6. The van der Waals surface area contributed by atoms with Crippen molar-refractivity contribution in [3.05, 3.63) is 24.3 Å². The number of nitrogens with one attached hydrogen (secondary N) is 2. The summed E-state index contributed by atoms with van der Waals surface area (Å²) in [4.78, 5) is 39.4. The Morgan fingerprint density at radius 2 is 1.44 bits per heavy atom. The first-order valence-corrected chi connectivity index (χ1v) is 12.3. The van der Waals surface area contributed by atoms with Gasteiger partial charge in [-0.3, -0.25) is 4.79 Å². The van der Waals surface area contributed by atoms with Gasteiger partial charge in [0, 0.05) is 42.6 Å². The standard InChI is InChI=1S/C24H37Cl2N3O5/c1-23(2,3)33-20(30)12-11-19(21(31)34-24(4,5)6)28-22(32)27-17-7-9-18(10-8-17)29(15-13-25)16-14-26/h7-10,19H,11-16H2,1-6H3,(H2,27,28,32)/t19-/m0/s1. The van der Waals surface area contributed by atoms with Crippen molar-refractivity contribution in [2.24, 2.45) is 0 Å². The Morgan fingerprint density at radius 1 is 0.912 bits per heavy atom. The molecule has 0 heterocycles. The largest absolute Gasteiger partial charge is 0.460 e. The molecule has 0 saturated heterocycles. The number of carbonyl (C=O) groups excluding carboxylic acids is 3. The van der Waals surface area contributed by atoms with Gasteiger partial charge in [-0.2, -0.15) is 0 Å². The van der Waals surface area contributed by atoms with Gasteiger partial charge in [-0.1, -0.05) is 0 Å². The van der Waals surface area contributed by atoms with Crippen molar-refractivity contribution in [2.75, 3.05) is 35.1 Å². The fourth-order valence-corrected chi connectivity index (χ4v) is 3.34. The summed E-state index contributed by atoms with van der Waals surface area (Å²) in [5, 5.41) is 5.31. The minimum atomic E-state index is -1.02. The van der Waals surface area contributed by atoms with Crippen LogP contribution >= 0.6 is 23.2 Å². The first-order valence-electron chi connectivity index (χ1n) is 11.2. The minimum Gasteiger partial charge on any atom is -0.460 e. The molecule has 2 amide bonds. The number of benzene rings is 1. The highest BCUT2D eigenvalue weighted by molar-refractivity contribution is 6.18. The molecule has 1 aromatic carbocycles. The predicted molar refractivity (Wildman–Crippen MR) is 137 cm³/mol. The number of esters is 2. The van der Waals surface area contributed by atoms with Crippen LogP contribution in [0.5, 0.6) is 0 Å². The normalized spacial score (nSPS) is 12.5. The molecule has 10 heteroatoms. The van der Waals surface area contributed by atoms with Gasteiger partial charge in [0.25, 0.3) is 0 Å². The van der Waals surface area contributed by atoms with Crippen molar-refractivity contribution >= 4 is 52.5 Å². The smallest absolute Gasteiger partial charge is 0.329 e. The van der Waals surface area contributed by atoms with Gasteiger partial charge in [0.15, 0.2) is 0 Å². The van der Waals surface area contributed by atoms with Crippen molar-refractivity contribution in [1.82, 2.24) is 5.32 Å². The van der Waals surface area contributed by atoms with E-state index in [-0.39, 0.29) is 12.8 Å². The van der Waals surface area contributed by atoms with E-state index in [0.29, 0.717) is 30.5 Å². The van der Waals surface area contributed by atoms with E-state index < -0.39 is 35.2 Å². The third-order valence-corrected chi connectivity index (χ3v) is 4.59. The first kappa shape index (κ1) is 29.8. The van der Waals surface area contributed by atoms with E-state index in [2.05, 4.69) is 10.6 Å². The lowest BCUT2D eigenvalue weighted by Gasteiger charge is -2.25. The number of halogens is 2. The molecule has 0 aliphatic carbocycles. The molecule has 34 heavy (non-hydrogen) atoms. The van der Waals surface area contributed by atoms with Crippen LogP contribution < -0.4 is 15.5 Å². The summed E-state index contributed by atoms with van der Waals surface area (Å²) in [6.45, 7) is 11.8. The number of hydrogen-bond acceptors (Lipinski definition) is 6. The van der Waals surface area contributed by atoms with Gasteiger partial charge >= 0.3 is 18.0 Å². The number of urea groups is 1. The van der Waals surface area contributed by atoms with Crippen LogP contribution in [-0.2, 0) is 19.1 Å². The molecular formula is C24H37Cl2N3O5. The molecule has 0 aliphatic rings. The van der Waals surface area contributed by atoms with Crippen LogP contribution in [0.4, 0.5) is 16.2 Å². The second-order valence-electron chi connectivity index (χ2n) is 9.72. The van der Waals surface area contributed by atoms with Gasteiger partial charge in [0.2, 0.25) is 0 Å². The first-order chi connectivity index (χ1) is 15.7. The van der Waals surface area contributed by atoms with Gasteiger partial charge in [0.05, 0.1) is 0 Å². The van der Waals surface area contributed by atoms with Crippen molar-refractivity contribution in [1.29, 1.82) is 0 Å². The van der Waals surface area contributed by atoms with E-state index in [1.165, 1.54) is 0 Å². The molecule has 1 rings (SSSR count). The van der Waals surface area contributed by atoms with Gasteiger partial charge in [0.1, 0.15) is 17.2 Å². The highest BCUT2D eigenvalue weighted by Gasteiger charge is 2.28. The van der Waals surface area contributed by atoms with Crippen molar-refractivity contribution in [3.8, 4) is 0 Å².